The third-order valence-corrected chi connectivity index (χ3v) is 3.85. The molecule has 0 saturated carbocycles. The SMILES string of the molecule is O=[N+]([O-])c1ccc(CCNc2cc(N3CCOCC3)ncn2)cc1. The third-order valence-electron chi connectivity index (χ3n) is 3.85. The standard InChI is InChI=1S/C16H19N5O3/c22-21(23)14-3-1-13(2-4-14)5-6-17-15-11-16(19-12-18-15)20-7-9-24-10-8-20/h1-4,11-12H,5-10H2,(H,17,18,19). The van der Waals surface area contributed by atoms with Gasteiger partial charge in [-0.25, -0.2) is 9.97 Å². The first-order valence-electron chi connectivity index (χ1n) is 7.84. The lowest BCUT2D eigenvalue weighted by atomic mass is 10.1. The molecule has 1 aromatic heterocycles. The number of ether oxygens (including phenoxy) is 1. The molecule has 0 unspecified atom stereocenters. The van der Waals surface area contributed by atoms with Crippen molar-refractivity contribution in [3.05, 3.63) is 52.3 Å². The molecule has 1 N–H and O–H groups in total. The summed E-state index contributed by atoms with van der Waals surface area (Å²) in [6.45, 7) is 3.79. The van der Waals surface area contributed by atoms with Gasteiger partial charge in [0.25, 0.3) is 5.69 Å². The third kappa shape index (κ3) is 4.17. The van der Waals surface area contributed by atoms with Crippen LogP contribution in [0.5, 0.6) is 0 Å². The van der Waals surface area contributed by atoms with E-state index in [9.17, 15) is 10.1 Å². The fourth-order valence-corrected chi connectivity index (χ4v) is 2.53. The molecule has 1 fully saturated rings. The molecular formula is C16H19N5O3. The minimum atomic E-state index is -0.393. The van der Waals surface area contributed by atoms with Crippen LogP contribution in [0, 0.1) is 10.1 Å². The Morgan fingerprint density at radius 2 is 1.96 bits per heavy atom. The second-order valence-electron chi connectivity index (χ2n) is 5.46. The zero-order valence-corrected chi connectivity index (χ0v) is 13.2. The highest BCUT2D eigenvalue weighted by Gasteiger charge is 2.12. The Labute approximate surface area is 139 Å². The van der Waals surface area contributed by atoms with Crippen LogP contribution in [0.15, 0.2) is 36.7 Å². The zero-order chi connectivity index (χ0) is 16.8. The van der Waals surface area contributed by atoms with Crippen molar-refractivity contribution in [2.75, 3.05) is 43.1 Å². The largest absolute Gasteiger partial charge is 0.378 e. The van der Waals surface area contributed by atoms with Gasteiger partial charge in [-0.15, -0.1) is 0 Å². The summed E-state index contributed by atoms with van der Waals surface area (Å²) in [5.41, 5.74) is 1.15. The molecule has 1 saturated heterocycles. The Balaban J connectivity index is 1.53. The Morgan fingerprint density at radius 1 is 1.21 bits per heavy atom. The van der Waals surface area contributed by atoms with Crippen LogP contribution in [-0.4, -0.2) is 47.7 Å². The van der Waals surface area contributed by atoms with E-state index in [0.717, 1.165) is 36.7 Å². The number of benzene rings is 1. The molecule has 3 rings (SSSR count). The highest BCUT2D eigenvalue weighted by Crippen LogP contribution is 2.16. The summed E-state index contributed by atoms with van der Waals surface area (Å²) in [6, 6.07) is 8.53. The van der Waals surface area contributed by atoms with Gasteiger partial charge in [0.15, 0.2) is 0 Å². The van der Waals surface area contributed by atoms with E-state index in [1.807, 2.05) is 6.07 Å². The molecule has 0 spiro atoms. The molecule has 0 amide bonds. The van der Waals surface area contributed by atoms with Gasteiger partial charge in [0.2, 0.25) is 0 Å². The quantitative estimate of drug-likeness (QED) is 0.639. The number of rotatable bonds is 6. The van der Waals surface area contributed by atoms with Gasteiger partial charge in [0.05, 0.1) is 18.1 Å². The highest BCUT2D eigenvalue weighted by molar-refractivity contribution is 5.48. The van der Waals surface area contributed by atoms with Crippen LogP contribution < -0.4 is 10.2 Å². The number of hydrogen-bond acceptors (Lipinski definition) is 7. The number of non-ortho nitro benzene ring substituents is 1. The first kappa shape index (κ1) is 16.1. The number of nitro benzene ring substituents is 1. The van der Waals surface area contributed by atoms with Crippen molar-refractivity contribution >= 4 is 17.3 Å². The maximum absolute atomic E-state index is 10.6. The summed E-state index contributed by atoms with van der Waals surface area (Å²) in [5, 5.41) is 13.9. The van der Waals surface area contributed by atoms with Crippen molar-refractivity contribution in [2.45, 2.75) is 6.42 Å². The van der Waals surface area contributed by atoms with Gasteiger partial charge < -0.3 is 15.0 Å². The molecule has 24 heavy (non-hydrogen) atoms. The van der Waals surface area contributed by atoms with Crippen LogP contribution >= 0.6 is 0 Å². The summed E-state index contributed by atoms with van der Waals surface area (Å²) in [6.07, 6.45) is 2.31. The maximum Gasteiger partial charge on any atom is 0.269 e. The highest BCUT2D eigenvalue weighted by atomic mass is 16.6. The fraction of sp³-hybridized carbons (Fsp3) is 0.375. The van der Waals surface area contributed by atoms with Gasteiger partial charge >= 0.3 is 0 Å². The molecule has 0 atom stereocenters. The summed E-state index contributed by atoms with van der Waals surface area (Å²) < 4.78 is 5.35. The molecule has 126 valence electrons. The van der Waals surface area contributed by atoms with Crippen LogP contribution in [0.25, 0.3) is 0 Å². The zero-order valence-electron chi connectivity index (χ0n) is 13.2. The first-order valence-corrected chi connectivity index (χ1v) is 7.84. The summed E-state index contributed by atoms with van der Waals surface area (Å²) in [7, 11) is 0. The van der Waals surface area contributed by atoms with Crippen LogP contribution in [0.4, 0.5) is 17.3 Å². The molecular weight excluding hydrogens is 310 g/mol. The van der Waals surface area contributed by atoms with E-state index in [-0.39, 0.29) is 5.69 Å². The molecule has 0 radical (unpaired) electrons. The summed E-state index contributed by atoms with van der Waals surface area (Å²) in [5.74, 6) is 1.67. The Kier molecular flexibility index (Phi) is 5.17. The predicted molar refractivity (Wildman–Crippen MR) is 90.4 cm³/mol. The first-order chi connectivity index (χ1) is 11.7. The average molecular weight is 329 g/mol. The van der Waals surface area contributed by atoms with Gasteiger partial charge in [0, 0.05) is 37.8 Å². The van der Waals surface area contributed by atoms with Crippen molar-refractivity contribution in [3.63, 3.8) is 0 Å². The minimum absolute atomic E-state index is 0.109. The smallest absolute Gasteiger partial charge is 0.269 e. The van der Waals surface area contributed by atoms with E-state index in [0.29, 0.717) is 19.8 Å². The van der Waals surface area contributed by atoms with E-state index < -0.39 is 4.92 Å². The number of hydrogen-bond donors (Lipinski definition) is 1. The van der Waals surface area contributed by atoms with Gasteiger partial charge in [0.1, 0.15) is 18.0 Å². The molecule has 8 heteroatoms. The van der Waals surface area contributed by atoms with Crippen LogP contribution in [0.3, 0.4) is 0 Å². The van der Waals surface area contributed by atoms with E-state index >= 15 is 0 Å². The number of anilines is 2. The lowest BCUT2D eigenvalue weighted by Gasteiger charge is -2.27. The molecule has 1 aromatic carbocycles. The molecule has 2 aromatic rings. The molecule has 0 aliphatic carbocycles. The molecule has 1 aliphatic heterocycles. The molecule has 8 nitrogen and oxygen atoms in total. The van der Waals surface area contributed by atoms with Crippen LogP contribution in [0.2, 0.25) is 0 Å². The van der Waals surface area contributed by atoms with Gasteiger partial charge in [-0.3, -0.25) is 10.1 Å². The van der Waals surface area contributed by atoms with Gasteiger partial charge in [-0.2, -0.15) is 0 Å². The average Bonchev–Trinajstić information content (AvgIpc) is 2.63. The van der Waals surface area contributed by atoms with E-state index in [2.05, 4.69) is 20.2 Å². The number of aromatic nitrogens is 2. The summed E-state index contributed by atoms with van der Waals surface area (Å²) in [4.78, 5) is 21.0. The lowest BCUT2D eigenvalue weighted by molar-refractivity contribution is -0.384. The van der Waals surface area contributed by atoms with Crippen molar-refractivity contribution in [1.82, 2.24) is 9.97 Å². The number of morpholine rings is 1. The normalized spacial score (nSPS) is 14.4. The Bertz CT molecular complexity index is 686. The van der Waals surface area contributed by atoms with Gasteiger partial charge in [-0.05, 0) is 12.0 Å². The van der Waals surface area contributed by atoms with Crippen molar-refractivity contribution in [2.24, 2.45) is 0 Å². The lowest BCUT2D eigenvalue weighted by Crippen LogP contribution is -2.36. The maximum atomic E-state index is 10.6. The Hall–Kier alpha value is -2.74. The Morgan fingerprint density at radius 3 is 2.67 bits per heavy atom. The number of nitro groups is 1. The second-order valence-corrected chi connectivity index (χ2v) is 5.46. The van der Waals surface area contributed by atoms with Crippen molar-refractivity contribution in [1.29, 1.82) is 0 Å². The summed E-state index contributed by atoms with van der Waals surface area (Å²) >= 11 is 0. The van der Waals surface area contributed by atoms with E-state index in [4.69, 9.17) is 4.74 Å². The fourth-order valence-electron chi connectivity index (χ4n) is 2.53. The monoisotopic (exact) mass is 329 g/mol. The van der Waals surface area contributed by atoms with Crippen LogP contribution in [0.1, 0.15) is 5.56 Å². The van der Waals surface area contributed by atoms with Crippen molar-refractivity contribution < 1.29 is 9.66 Å². The number of nitrogens with one attached hydrogen (secondary N) is 1. The minimum Gasteiger partial charge on any atom is -0.378 e. The van der Waals surface area contributed by atoms with Crippen LogP contribution in [-0.2, 0) is 11.2 Å². The molecule has 0 bridgehead atoms. The van der Waals surface area contributed by atoms with E-state index in [1.54, 1.807) is 18.5 Å². The predicted octanol–water partition coefficient (Wildman–Crippen LogP) is 1.88. The molecule has 2 heterocycles. The topological polar surface area (TPSA) is 93.4 Å². The van der Waals surface area contributed by atoms with Gasteiger partial charge in [-0.1, -0.05) is 12.1 Å². The molecule has 1 aliphatic rings. The second kappa shape index (κ2) is 7.69. The number of nitrogens with zero attached hydrogens (tertiary/aromatic N) is 4. The van der Waals surface area contributed by atoms with E-state index in [1.165, 1.54) is 12.1 Å². The van der Waals surface area contributed by atoms with Crippen molar-refractivity contribution in [3.8, 4) is 0 Å².